The van der Waals surface area contributed by atoms with Gasteiger partial charge in [-0.15, -0.1) is 6.42 Å². The van der Waals surface area contributed by atoms with Crippen molar-refractivity contribution >= 4 is 11.8 Å². The van der Waals surface area contributed by atoms with Crippen LogP contribution in [-0.2, 0) is 9.47 Å². The molecular weight excluding hydrogens is 246 g/mol. The molecule has 0 saturated carbocycles. The molecule has 0 N–H and O–H groups in total. The largest absolute Gasteiger partial charge is 0.497 e. The minimum Gasteiger partial charge on any atom is -0.497 e. The van der Waals surface area contributed by atoms with Gasteiger partial charge in [0.1, 0.15) is 18.5 Å². The van der Waals surface area contributed by atoms with Gasteiger partial charge in [-0.25, -0.2) is 4.79 Å². The van der Waals surface area contributed by atoms with E-state index in [0.717, 1.165) is 11.4 Å². The highest BCUT2D eigenvalue weighted by atomic mass is 16.6. The summed E-state index contributed by atoms with van der Waals surface area (Å²) >= 11 is 0. The topological polar surface area (TPSA) is 48.0 Å². The van der Waals surface area contributed by atoms with Crippen LogP contribution in [0.1, 0.15) is 0 Å². The summed E-state index contributed by atoms with van der Waals surface area (Å²) in [7, 11) is 1.60. The third-order valence-corrected chi connectivity index (χ3v) is 2.75. The normalized spacial score (nSPS) is 18.0. The second-order valence-electron chi connectivity index (χ2n) is 4.03. The van der Waals surface area contributed by atoms with Crippen molar-refractivity contribution in [1.82, 2.24) is 0 Å². The molecule has 0 aliphatic carbocycles. The Kier molecular flexibility index (Phi) is 4.26. The van der Waals surface area contributed by atoms with Gasteiger partial charge < -0.3 is 14.2 Å². The van der Waals surface area contributed by atoms with Gasteiger partial charge in [-0.1, -0.05) is 5.92 Å². The predicted molar refractivity (Wildman–Crippen MR) is 70.3 cm³/mol. The van der Waals surface area contributed by atoms with Gasteiger partial charge >= 0.3 is 6.09 Å². The third kappa shape index (κ3) is 3.18. The van der Waals surface area contributed by atoms with E-state index in [-0.39, 0.29) is 18.8 Å². The Morgan fingerprint density at radius 2 is 2.21 bits per heavy atom. The van der Waals surface area contributed by atoms with Crippen molar-refractivity contribution in [1.29, 1.82) is 0 Å². The van der Waals surface area contributed by atoms with Crippen LogP contribution < -0.4 is 9.64 Å². The van der Waals surface area contributed by atoms with Gasteiger partial charge in [-0.2, -0.15) is 0 Å². The van der Waals surface area contributed by atoms with Gasteiger partial charge in [0.2, 0.25) is 0 Å². The van der Waals surface area contributed by atoms with Gasteiger partial charge in [-0.05, 0) is 24.3 Å². The summed E-state index contributed by atoms with van der Waals surface area (Å²) < 4.78 is 15.4. The number of ether oxygens (including phenoxy) is 3. The van der Waals surface area contributed by atoms with E-state index in [1.165, 1.54) is 0 Å². The number of hydrogen-bond acceptors (Lipinski definition) is 4. The number of benzene rings is 1. The summed E-state index contributed by atoms with van der Waals surface area (Å²) in [6.07, 6.45) is 4.42. The summed E-state index contributed by atoms with van der Waals surface area (Å²) in [5.41, 5.74) is 0.769. The first-order valence-electron chi connectivity index (χ1n) is 5.88. The highest BCUT2D eigenvalue weighted by Crippen LogP contribution is 2.24. The van der Waals surface area contributed by atoms with Gasteiger partial charge in [0.25, 0.3) is 0 Å². The van der Waals surface area contributed by atoms with E-state index in [0.29, 0.717) is 13.2 Å². The highest BCUT2D eigenvalue weighted by Gasteiger charge is 2.32. The standard InChI is InChI=1S/C14H15NO4/c1-3-8-18-10-13-9-15(14(16)19-13)11-4-6-12(17-2)7-5-11/h1,4-7,13H,8-10H2,2H3. The molecule has 0 bridgehead atoms. The molecule has 100 valence electrons. The average Bonchev–Trinajstić information content (AvgIpc) is 2.80. The van der Waals surface area contributed by atoms with E-state index >= 15 is 0 Å². The zero-order valence-corrected chi connectivity index (χ0v) is 10.7. The fourth-order valence-corrected chi connectivity index (χ4v) is 1.83. The summed E-state index contributed by atoms with van der Waals surface area (Å²) in [4.78, 5) is 13.3. The number of carbonyl (C=O) groups is 1. The van der Waals surface area contributed by atoms with Crippen molar-refractivity contribution in [2.45, 2.75) is 6.10 Å². The summed E-state index contributed by atoms with van der Waals surface area (Å²) in [6.45, 7) is 0.981. The predicted octanol–water partition coefficient (Wildman–Crippen LogP) is 1.67. The van der Waals surface area contributed by atoms with E-state index in [1.807, 2.05) is 12.1 Å². The Morgan fingerprint density at radius 1 is 1.47 bits per heavy atom. The number of anilines is 1. The number of terminal acetylenes is 1. The lowest BCUT2D eigenvalue weighted by Gasteiger charge is -2.13. The number of methoxy groups -OCH3 is 1. The fourth-order valence-electron chi connectivity index (χ4n) is 1.83. The molecule has 1 aromatic rings. The van der Waals surface area contributed by atoms with Crippen LogP contribution >= 0.6 is 0 Å². The molecule has 1 atom stereocenters. The lowest BCUT2D eigenvalue weighted by molar-refractivity contribution is 0.0598. The zero-order chi connectivity index (χ0) is 13.7. The summed E-state index contributed by atoms with van der Waals surface area (Å²) in [5.74, 6) is 3.11. The minimum absolute atomic E-state index is 0.219. The van der Waals surface area contributed by atoms with Crippen LogP contribution in [0.3, 0.4) is 0 Å². The number of nitrogens with zero attached hydrogens (tertiary/aromatic N) is 1. The smallest absolute Gasteiger partial charge is 0.414 e. The molecule has 2 rings (SSSR count). The van der Waals surface area contributed by atoms with Crippen LogP contribution in [-0.4, -0.2) is 39.1 Å². The van der Waals surface area contributed by atoms with E-state index in [2.05, 4.69) is 5.92 Å². The van der Waals surface area contributed by atoms with Crippen molar-refractivity contribution in [2.24, 2.45) is 0 Å². The minimum atomic E-state index is -0.375. The molecule has 19 heavy (non-hydrogen) atoms. The van der Waals surface area contributed by atoms with E-state index in [9.17, 15) is 4.79 Å². The van der Waals surface area contributed by atoms with Gasteiger partial charge in [0.05, 0.1) is 20.3 Å². The molecule has 1 unspecified atom stereocenters. The lowest BCUT2D eigenvalue weighted by Crippen LogP contribution is -2.25. The van der Waals surface area contributed by atoms with Crippen LogP contribution in [0.15, 0.2) is 24.3 Å². The van der Waals surface area contributed by atoms with E-state index in [4.69, 9.17) is 20.6 Å². The molecular formula is C14H15NO4. The van der Waals surface area contributed by atoms with Crippen LogP contribution in [0, 0.1) is 12.3 Å². The van der Waals surface area contributed by atoms with Crippen molar-refractivity contribution in [3.05, 3.63) is 24.3 Å². The highest BCUT2D eigenvalue weighted by molar-refractivity contribution is 5.89. The zero-order valence-electron chi connectivity index (χ0n) is 10.7. The molecule has 0 spiro atoms. The monoisotopic (exact) mass is 261 g/mol. The summed E-state index contributed by atoms with van der Waals surface area (Å²) in [6, 6.07) is 7.21. The molecule has 1 aliphatic rings. The maximum atomic E-state index is 11.7. The first-order chi connectivity index (χ1) is 9.24. The first-order valence-corrected chi connectivity index (χ1v) is 5.88. The molecule has 1 heterocycles. The molecule has 5 heteroatoms. The van der Waals surface area contributed by atoms with Gasteiger partial charge in [0, 0.05) is 5.69 Å². The number of amides is 1. The number of carbonyl (C=O) groups excluding carboxylic acids is 1. The van der Waals surface area contributed by atoms with Gasteiger partial charge in [-0.3, -0.25) is 4.90 Å². The molecule has 1 saturated heterocycles. The van der Waals surface area contributed by atoms with Gasteiger partial charge in [0.15, 0.2) is 0 Å². The summed E-state index contributed by atoms with van der Waals surface area (Å²) in [5, 5.41) is 0. The SMILES string of the molecule is C#CCOCC1CN(c2ccc(OC)cc2)C(=O)O1. The lowest BCUT2D eigenvalue weighted by atomic mass is 10.2. The second-order valence-corrected chi connectivity index (χ2v) is 4.03. The Hall–Kier alpha value is -2.19. The number of rotatable bonds is 5. The fraction of sp³-hybridized carbons (Fsp3) is 0.357. The van der Waals surface area contributed by atoms with Crippen molar-refractivity contribution in [2.75, 3.05) is 31.8 Å². The maximum Gasteiger partial charge on any atom is 0.414 e. The molecule has 1 aromatic carbocycles. The quantitative estimate of drug-likeness (QED) is 0.597. The Bertz CT molecular complexity index is 477. The Labute approximate surface area is 112 Å². The van der Waals surface area contributed by atoms with Crippen molar-refractivity contribution in [3.8, 4) is 18.1 Å². The van der Waals surface area contributed by atoms with Crippen LogP contribution in [0.4, 0.5) is 10.5 Å². The third-order valence-electron chi connectivity index (χ3n) is 2.75. The molecule has 0 aromatic heterocycles. The molecule has 1 fully saturated rings. The maximum absolute atomic E-state index is 11.7. The molecule has 1 aliphatic heterocycles. The molecule has 0 radical (unpaired) electrons. The van der Waals surface area contributed by atoms with E-state index < -0.39 is 0 Å². The van der Waals surface area contributed by atoms with Crippen LogP contribution in [0.25, 0.3) is 0 Å². The first kappa shape index (κ1) is 13.2. The van der Waals surface area contributed by atoms with Crippen molar-refractivity contribution < 1.29 is 19.0 Å². The molecule has 1 amide bonds. The van der Waals surface area contributed by atoms with E-state index in [1.54, 1.807) is 24.1 Å². The van der Waals surface area contributed by atoms with Crippen LogP contribution in [0.5, 0.6) is 5.75 Å². The average molecular weight is 261 g/mol. The number of hydrogen-bond donors (Lipinski definition) is 0. The second kappa shape index (κ2) is 6.12. The van der Waals surface area contributed by atoms with Crippen molar-refractivity contribution in [3.63, 3.8) is 0 Å². The molecule has 5 nitrogen and oxygen atoms in total. The number of cyclic esters (lactones) is 1. The Balaban J connectivity index is 1.97. The van der Waals surface area contributed by atoms with Crippen LogP contribution in [0.2, 0.25) is 0 Å². The Morgan fingerprint density at radius 3 is 2.84 bits per heavy atom.